The molecule has 166 valence electrons. The number of carboxylic acids is 1. The molecular formula is C27H29NO4. The van der Waals surface area contributed by atoms with Gasteiger partial charge in [-0.2, -0.15) is 0 Å². The Balaban J connectivity index is 1.46. The second kappa shape index (κ2) is 12.3. The molecule has 0 spiro atoms. The van der Waals surface area contributed by atoms with Crippen LogP contribution in [-0.4, -0.2) is 28.9 Å². The van der Waals surface area contributed by atoms with E-state index >= 15 is 0 Å². The molecule has 0 saturated heterocycles. The molecule has 0 unspecified atom stereocenters. The summed E-state index contributed by atoms with van der Waals surface area (Å²) >= 11 is 0. The zero-order chi connectivity index (χ0) is 22.6. The summed E-state index contributed by atoms with van der Waals surface area (Å²) < 4.78 is 5.79. The minimum atomic E-state index is -0.834. The first-order valence-electron chi connectivity index (χ1n) is 10.8. The quantitative estimate of drug-likeness (QED) is 0.369. The normalized spacial score (nSPS) is 11.9. The zero-order valence-electron chi connectivity index (χ0n) is 18.0. The van der Waals surface area contributed by atoms with E-state index in [1.165, 1.54) is 5.56 Å². The van der Waals surface area contributed by atoms with E-state index in [4.69, 9.17) is 9.84 Å². The third-order valence-corrected chi connectivity index (χ3v) is 4.99. The maximum absolute atomic E-state index is 10.8. The highest BCUT2D eigenvalue weighted by Crippen LogP contribution is 2.20. The summed E-state index contributed by atoms with van der Waals surface area (Å²) in [5.41, 5.74) is 4.10. The number of hydrogen-bond donors (Lipinski definition) is 3. The summed E-state index contributed by atoms with van der Waals surface area (Å²) in [4.78, 5) is 10.8. The summed E-state index contributed by atoms with van der Waals surface area (Å²) in [5.74, 6) is -0.165. The van der Waals surface area contributed by atoms with Crippen molar-refractivity contribution >= 4 is 17.7 Å². The summed E-state index contributed by atoms with van der Waals surface area (Å²) in [7, 11) is 0. The number of para-hydroxylation sites is 1. The van der Waals surface area contributed by atoms with Crippen LogP contribution < -0.4 is 10.1 Å². The van der Waals surface area contributed by atoms with Crippen LogP contribution in [0.3, 0.4) is 0 Å². The largest absolute Gasteiger partial charge is 0.493 e. The van der Waals surface area contributed by atoms with Crippen LogP contribution in [0.15, 0.2) is 84.9 Å². The highest BCUT2D eigenvalue weighted by molar-refractivity contribution is 5.67. The summed E-state index contributed by atoms with van der Waals surface area (Å²) in [6.45, 7) is 1.09. The smallest absolute Gasteiger partial charge is 0.303 e. The second-order valence-electron chi connectivity index (χ2n) is 7.53. The minimum Gasteiger partial charge on any atom is -0.493 e. The predicted octanol–water partition coefficient (Wildman–Crippen LogP) is 5.16. The number of aliphatic hydroxyl groups excluding tert-OH is 1. The van der Waals surface area contributed by atoms with Crippen LogP contribution >= 0.6 is 0 Å². The highest BCUT2D eigenvalue weighted by atomic mass is 16.5. The molecule has 0 amide bonds. The molecule has 0 radical (unpaired) electrons. The van der Waals surface area contributed by atoms with E-state index in [1.54, 1.807) is 6.08 Å². The van der Waals surface area contributed by atoms with Crippen molar-refractivity contribution in [3.63, 3.8) is 0 Å². The molecule has 0 bridgehead atoms. The van der Waals surface area contributed by atoms with Crippen molar-refractivity contribution < 1.29 is 19.7 Å². The fraction of sp³-hybridized carbons (Fsp3) is 0.222. The van der Waals surface area contributed by atoms with Crippen molar-refractivity contribution in [3.05, 3.63) is 102 Å². The first kappa shape index (κ1) is 23.1. The minimum absolute atomic E-state index is 0.0605. The van der Waals surface area contributed by atoms with E-state index in [-0.39, 0.29) is 6.42 Å². The fourth-order valence-electron chi connectivity index (χ4n) is 3.25. The molecule has 1 atom stereocenters. The van der Waals surface area contributed by atoms with Gasteiger partial charge in [0.2, 0.25) is 0 Å². The predicted molar refractivity (Wildman–Crippen MR) is 128 cm³/mol. The van der Waals surface area contributed by atoms with Crippen LogP contribution in [0, 0.1) is 0 Å². The lowest BCUT2D eigenvalue weighted by Gasteiger charge is -2.12. The molecule has 0 aromatic heterocycles. The van der Waals surface area contributed by atoms with Gasteiger partial charge in [0.15, 0.2) is 0 Å². The Hall–Kier alpha value is -3.57. The average molecular weight is 432 g/mol. The fourth-order valence-corrected chi connectivity index (χ4v) is 3.25. The summed E-state index contributed by atoms with van der Waals surface area (Å²) in [5, 5.41) is 22.6. The van der Waals surface area contributed by atoms with Gasteiger partial charge in [-0.1, -0.05) is 72.8 Å². The number of aliphatic hydroxyl groups is 1. The molecule has 0 aliphatic carbocycles. The molecule has 0 fully saturated rings. The van der Waals surface area contributed by atoms with Crippen molar-refractivity contribution in [1.82, 2.24) is 0 Å². The number of carbonyl (C=O) groups is 1. The van der Waals surface area contributed by atoms with Gasteiger partial charge < -0.3 is 20.3 Å². The molecule has 5 nitrogen and oxygen atoms in total. The average Bonchev–Trinajstić information content (AvgIpc) is 2.82. The van der Waals surface area contributed by atoms with E-state index in [0.717, 1.165) is 23.4 Å². The van der Waals surface area contributed by atoms with E-state index < -0.39 is 12.1 Å². The number of nitrogens with one attached hydrogen (secondary N) is 1. The first-order valence-corrected chi connectivity index (χ1v) is 10.8. The standard InChI is InChI=1S/C27H29NO4/c29-25(17-18-32-26-12-5-4-10-23(26)14-16-27(30)31)15-13-21-9-6-11-24(19-21)28-20-22-7-2-1-3-8-22/h1-13,15,19,25,28-29H,14,16-18,20H2,(H,30,31)/b15-13+/t25-/m0/s1. The Labute approximate surface area is 189 Å². The van der Waals surface area contributed by atoms with Gasteiger partial charge in [-0.25, -0.2) is 0 Å². The third-order valence-electron chi connectivity index (χ3n) is 4.99. The Morgan fingerprint density at radius 1 is 1.00 bits per heavy atom. The summed E-state index contributed by atoms with van der Waals surface area (Å²) in [6.07, 6.45) is 3.94. The van der Waals surface area contributed by atoms with Gasteiger partial charge >= 0.3 is 5.97 Å². The van der Waals surface area contributed by atoms with Crippen molar-refractivity contribution in [1.29, 1.82) is 0 Å². The van der Waals surface area contributed by atoms with Crippen LogP contribution in [0.5, 0.6) is 5.75 Å². The third kappa shape index (κ3) is 7.93. The number of aryl methyl sites for hydroxylation is 1. The molecule has 3 aromatic carbocycles. The number of hydrogen-bond acceptors (Lipinski definition) is 4. The van der Waals surface area contributed by atoms with Crippen molar-refractivity contribution in [2.75, 3.05) is 11.9 Å². The van der Waals surface area contributed by atoms with Gasteiger partial charge in [0.05, 0.1) is 12.7 Å². The summed E-state index contributed by atoms with van der Waals surface area (Å²) in [6, 6.07) is 25.7. The molecule has 0 heterocycles. The molecule has 0 aliphatic rings. The Morgan fingerprint density at radius 2 is 1.78 bits per heavy atom. The van der Waals surface area contributed by atoms with Gasteiger partial charge in [0.25, 0.3) is 0 Å². The lowest BCUT2D eigenvalue weighted by Crippen LogP contribution is -2.10. The van der Waals surface area contributed by atoms with Crippen LogP contribution in [0.4, 0.5) is 5.69 Å². The molecule has 0 saturated carbocycles. The zero-order valence-corrected chi connectivity index (χ0v) is 18.0. The SMILES string of the molecule is O=C(O)CCc1ccccc1OCC[C@@H](O)/C=C/c1cccc(NCc2ccccc2)c1. The Bertz CT molecular complexity index is 1020. The Kier molecular flexibility index (Phi) is 8.90. The monoisotopic (exact) mass is 431 g/mol. The maximum atomic E-state index is 10.8. The van der Waals surface area contributed by atoms with Crippen molar-refractivity contribution in [3.8, 4) is 5.75 Å². The lowest BCUT2D eigenvalue weighted by molar-refractivity contribution is -0.136. The van der Waals surface area contributed by atoms with Gasteiger partial charge in [0, 0.05) is 25.1 Å². The number of aliphatic carboxylic acids is 1. The van der Waals surface area contributed by atoms with Crippen LogP contribution in [0.2, 0.25) is 0 Å². The van der Waals surface area contributed by atoms with Crippen molar-refractivity contribution in [2.24, 2.45) is 0 Å². The van der Waals surface area contributed by atoms with Gasteiger partial charge in [-0.05, 0) is 41.3 Å². The molecule has 32 heavy (non-hydrogen) atoms. The van der Waals surface area contributed by atoms with Gasteiger partial charge in [-0.3, -0.25) is 4.79 Å². The van der Waals surface area contributed by atoms with Crippen molar-refractivity contribution in [2.45, 2.75) is 31.9 Å². The van der Waals surface area contributed by atoms with E-state index in [9.17, 15) is 9.90 Å². The molecule has 3 rings (SSSR count). The molecule has 3 aromatic rings. The topological polar surface area (TPSA) is 78.8 Å². The number of benzene rings is 3. The lowest BCUT2D eigenvalue weighted by atomic mass is 10.1. The van der Waals surface area contributed by atoms with Gasteiger partial charge in [0.1, 0.15) is 5.75 Å². The second-order valence-corrected chi connectivity index (χ2v) is 7.53. The van der Waals surface area contributed by atoms with E-state index in [1.807, 2.05) is 72.8 Å². The maximum Gasteiger partial charge on any atom is 0.303 e. The van der Waals surface area contributed by atoms with E-state index in [2.05, 4.69) is 17.4 Å². The van der Waals surface area contributed by atoms with Crippen LogP contribution in [0.25, 0.3) is 6.08 Å². The number of carboxylic acid groups (broad SMARTS) is 1. The van der Waals surface area contributed by atoms with Crippen LogP contribution in [0.1, 0.15) is 29.5 Å². The Morgan fingerprint density at radius 3 is 2.59 bits per heavy atom. The van der Waals surface area contributed by atoms with Crippen LogP contribution in [-0.2, 0) is 17.8 Å². The highest BCUT2D eigenvalue weighted by Gasteiger charge is 2.07. The number of rotatable bonds is 12. The first-order chi connectivity index (χ1) is 15.6. The van der Waals surface area contributed by atoms with E-state index in [0.29, 0.717) is 25.2 Å². The molecule has 3 N–H and O–H groups in total. The number of anilines is 1. The number of ether oxygens (including phenoxy) is 1. The molecule has 0 aliphatic heterocycles. The molecule has 5 heteroatoms. The molecular weight excluding hydrogens is 402 g/mol. The van der Waals surface area contributed by atoms with Gasteiger partial charge in [-0.15, -0.1) is 0 Å².